The minimum absolute atomic E-state index is 0.463. The maximum Gasteiger partial charge on any atom is 0.177 e. The number of likely N-dealkylation sites (N-methyl/N-ethyl adjacent to an activating group) is 1. The van der Waals surface area contributed by atoms with Crippen molar-refractivity contribution in [1.29, 1.82) is 0 Å². The second kappa shape index (κ2) is 4.15. The van der Waals surface area contributed by atoms with Crippen LogP contribution in [-0.4, -0.2) is 27.6 Å². The largest absolute Gasteiger partial charge is 0.365 e. The van der Waals surface area contributed by atoms with Crippen molar-refractivity contribution >= 4 is 7.98 Å². The van der Waals surface area contributed by atoms with E-state index in [2.05, 4.69) is 17.5 Å². The van der Waals surface area contributed by atoms with Crippen molar-refractivity contribution in [3.05, 3.63) is 0 Å². The fraction of sp³-hybridized carbons (Fsp3) is 1.00. The zero-order valence-corrected chi connectivity index (χ0v) is 4.86. The molecule has 1 unspecified atom stereocenters. The lowest BCUT2D eigenvalue weighted by molar-refractivity contribution is 0.602. The molecule has 0 aromatic carbocycles. The number of hydrogen-bond donors (Lipinski definition) is 2. The summed E-state index contributed by atoms with van der Waals surface area (Å²) in [5.41, 5.74) is 0. The Balaban J connectivity index is 2.83. The van der Waals surface area contributed by atoms with Crippen LogP contribution in [0.4, 0.5) is 0 Å². The summed E-state index contributed by atoms with van der Waals surface area (Å²) in [6, 6.07) is 0.463. The fourth-order valence-electron chi connectivity index (χ4n) is 0.279. The average molecular weight is 98.0 g/mol. The molecule has 0 fully saturated rings. The quantitative estimate of drug-likeness (QED) is 0.454. The molecular formula is C4H11BN2. The first kappa shape index (κ1) is 6.98. The Labute approximate surface area is 46.1 Å². The Kier molecular flexibility index (Phi) is 4.14. The van der Waals surface area contributed by atoms with Gasteiger partial charge in [-0.15, -0.1) is 0 Å². The van der Waals surface area contributed by atoms with Gasteiger partial charge in [-0.05, 0) is 20.5 Å². The zero-order valence-electron chi connectivity index (χ0n) is 4.86. The molecule has 1 atom stereocenters. The maximum absolute atomic E-state index is 5.01. The van der Waals surface area contributed by atoms with Gasteiger partial charge in [-0.3, -0.25) is 0 Å². The molecule has 0 bridgehead atoms. The van der Waals surface area contributed by atoms with Crippen LogP contribution in [0.3, 0.4) is 0 Å². The third-order valence-electron chi connectivity index (χ3n) is 0.917. The van der Waals surface area contributed by atoms with Crippen molar-refractivity contribution in [1.82, 2.24) is 10.5 Å². The van der Waals surface area contributed by atoms with Crippen molar-refractivity contribution in [2.75, 3.05) is 13.6 Å². The Morgan fingerprint density at radius 2 is 2.29 bits per heavy atom. The monoisotopic (exact) mass is 98.1 g/mol. The lowest BCUT2D eigenvalue weighted by Crippen LogP contribution is -2.32. The first-order valence-corrected chi connectivity index (χ1v) is 2.42. The first-order valence-electron chi connectivity index (χ1n) is 2.42. The molecule has 40 valence electrons. The maximum atomic E-state index is 5.01. The van der Waals surface area contributed by atoms with Crippen molar-refractivity contribution < 1.29 is 0 Å². The number of rotatable bonds is 3. The molecule has 7 heavy (non-hydrogen) atoms. The predicted octanol–water partition coefficient (Wildman–Crippen LogP) is -0.733. The molecular weight excluding hydrogens is 86.9 g/mol. The Morgan fingerprint density at radius 1 is 1.71 bits per heavy atom. The molecule has 0 amide bonds. The number of hydrogen-bond acceptors (Lipinski definition) is 2. The smallest absolute Gasteiger partial charge is 0.177 e. The molecule has 0 saturated heterocycles. The van der Waals surface area contributed by atoms with E-state index in [1.165, 1.54) is 0 Å². The highest BCUT2D eigenvalue weighted by Gasteiger charge is 1.90. The van der Waals surface area contributed by atoms with Gasteiger partial charge in [0.15, 0.2) is 7.98 Å². The average Bonchev–Trinajstić information content (AvgIpc) is 1.68. The number of nitrogens with one attached hydrogen (secondary N) is 2. The topological polar surface area (TPSA) is 24.1 Å². The molecule has 0 heterocycles. The lowest BCUT2D eigenvalue weighted by Gasteiger charge is -2.06. The summed E-state index contributed by atoms with van der Waals surface area (Å²) >= 11 is 0. The molecule has 0 spiro atoms. The summed E-state index contributed by atoms with van der Waals surface area (Å²) < 4.78 is 0. The van der Waals surface area contributed by atoms with Crippen LogP contribution in [0.15, 0.2) is 0 Å². The first-order chi connectivity index (χ1) is 3.31. The van der Waals surface area contributed by atoms with Gasteiger partial charge in [-0.1, -0.05) is 0 Å². The van der Waals surface area contributed by atoms with Gasteiger partial charge in [0.05, 0.1) is 0 Å². The van der Waals surface area contributed by atoms with E-state index >= 15 is 0 Å². The predicted molar refractivity (Wildman–Crippen MR) is 32.3 cm³/mol. The molecule has 0 aliphatic heterocycles. The summed E-state index contributed by atoms with van der Waals surface area (Å²) in [5, 5.41) is 5.58. The molecule has 2 nitrogen and oxygen atoms in total. The van der Waals surface area contributed by atoms with Crippen molar-refractivity contribution in [2.45, 2.75) is 13.0 Å². The fourth-order valence-corrected chi connectivity index (χ4v) is 0.279. The van der Waals surface area contributed by atoms with Gasteiger partial charge in [-0.25, -0.2) is 0 Å². The van der Waals surface area contributed by atoms with Crippen LogP contribution in [0.5, 0.6) is 0 Å². The Morgan fingerprint density at radius 3 is 2.43 bits per heavy atom. The van der Waals surface area contributed by atoms with Crippen LogP contribution in [0.1, 0.15) is 6.92 Å². The van der Waals surface area contributed by atoms with Gasteiger partial charge in [0, 0.05) is 6.04 Å². The minimum atomic E-state index is 0.463. The molecule has 0 aromatic rings. The van der Waals surface area contributed by atoms with E-state index in [0.717, 1.165) is 6.54 Å². The third-order valence-corrected chi connectivity index (χ3v) is 0.917. The second-order valence-electron chi connectivity index (χ2n) is 1.60. The minimum Gasteiger partial charge on any atom is -0.365 e. The van der Waals surface area contributed by atoms with Crippen LogP contribution >= 0.6 is 0 Å². The van der Waals surface area contributed by atoms with Crippen LogP contribution < -0.4 is 10.5 Å². The van der Waals surface area contributed by atoms with Crippen molar-refractivity contribution in [3.63, 3.8) is 0 Å². The van der Waals surface area contributed by atoms with E-state index in [1.807, 2.05) is 7.05 Å². The summed E-state index contributed by atoms with van der Waals surface area (Å²) in [5.74, 6) is 0. The van der Waals surface area contributed by atoms with Gasteiger partial charge >= 0.3 is 0 Å². The van der Waals surface area contributed by atoms with E-state index in [4.69, 9.17) is 7.98 Å². The third kappa shape index (κ3) is 3.82. The molecule has 0 aliphatic rings. The SMILES string of the molecule is [B]NCC(C)NC. The van der Waals surface area contributed by atoms with Crippen LogP contribution in [0.25, 0.3) is 0 Å². The van der Waals surface area contributed by atoms with Crippen LogP contribution in [0, 0.1) is 0 Å². The molecule has 2 N–H and O–H groups in total. The van der Waals surface area contributed by atoms with Crippen molar-refractivity contribution in [2.24, 2.45) is 0 Å². The normalized spacial score (nSPS) is 14.0. The second-order valence-corrected chi connectivity index (χ2v) is 1.60. The summed E-state index contributed by atoms with van der Waals surface area (Å²) in [6.07, 6.45) is 0. The highest BCUT2D eigenvalue weighted by Crippen LogP contribution is 1.70. The molecule has 0 aromatic heterocycles. The molecule has 0 saturated carbocycles. The Bertz CT molecular complexity index is 40.7. The van der Waals surface area contributed by atoms with Gasteiger partial charge < -0.3 is 10.5 Å². The van der Waals surface area contributed by atoms with Gasteiger partial charge in [0.2, 0.25) is 0 Å². The summed E-state index contributed by atoms with van der Waals surface area (Å²) in [7, 11) is 6.92. The van der Waals surface area contributed by atoms with E-state index in [-0.39, 0.29) is 0 Å². The molecule has 3 heteroatoms. The van der Waals surface area contributed by atoms with E-state index in [9.17, 15) is 0 Å². The summed E-state index contributed by atoms with van der Waals surface area (Å²) in [4.78, 5) is 0. The molecule has 2 radical (unpaired) electrons. The van der Waals surface area contributed by atoms with E-state index < -0.39 is 0 Å². The lowest BCUT2D eigenvalue weighted by atomic mass is 10.3. The highest BCUT2D eigenvalue weighted by molar-refractivity contribution is 6.04. The standard InChI is InChI=1S/C4H11BN2/c1-4(6-2)3-7-5/h4,6-7H,3H2,1-2H3. The Hall–Kier alpha value is -0.0151. The van der Waals surface area contributed by atoms with Gasteiger partial charge in [-0.2, -0.15) is 0 Å². The van der Waals surface area contributed by atoms with Gasteiger partial charge in [0.25, 0.3) is 0 Å². The van der Waals surface area contributed by atoms with E-state index in [0.29, 0.717) is 6.04 Å². The van der Waals surface area contributed by atoms with E-state index in [1.54, 1.807) is 0 Å². The van der Waals surface area contributed by atoms with Crippen LogP contribution in [0.2, 0.25) is 0 Å². The summed E-state index contributed by atoms with van der Waals surface area (Å²) in [6.45, 7) is 2.87. The zero-order chi connectivity index (χ0) is 5.70. The van der Waals surface area contributed by atoms with Crippen molar-refractivity contribution in [3.8, 4) is 0 Å². The molecule has 0 aliphatic carbocycles. The van der Waals surface area contributed by atoms with Gasteiger partial charge in [0.1, 0.15) is 0 Å². The van der Waals surface area contributed by atoms with Crippen LogP contribution in [-0.2, 0) is 0 Å². The molecule has 0 rings (SSSR count). The highest BCUT2D eigenvalue weighted by atomic mass is 14.9.